The zero-order valence-corrected chi connectivity index (χ0v) is 15.1. The van der Waals surface area contributed by atoms with Gasteiger partial charge in [-0.2, -0.15) is 0 Å². The van der Waals surface area contributed by atoms with E-state index in [9.17, 15) is 9.59 Å². The Balaban J connectivity index is 2.18. The lowest BCUT2D eigenvalue weighted by Gasteiger charge is -2.48. The van der Waals surface area contributed by atoms with Gasteiger partial charge in [0.15, 0.2) is 0 Å². The van der Waals surface area contributed by atoms with Gasteiger partial charge >= 0.3 is 0 Å². The van der Waals surface area contributed by atoms with Crippen LogP contribution in [0.3, 0.4) is 0 Å². The second-order valence-corrected chi connectivity index (χ2v) is 7.62. The number of unbranched alkanes of at least 4 members (excludes halogenated alkanes) is 2. The molecule has 0 radical (unpaired) electrons. The summed E-state index contributed by atoms with van der Waals surface area (Å²) in [6.45, 7) is 0. The first-order valence-corrected chi connectivity index (χ1v) is 10.0. The number of carbonyl (C=O) groups is 2. The first-order valence-electron chi connectivity index (χ1n) is 10.0. The first-order chi connectivity index (χ1) is 11.8. The van der Waals surface area contributed by atoms with Crippen molar-refractivity contribution in [2.75, 3.05) is 0 Å². The van der Waals surface area contributed by atoms with Gasteiger partial charge in [0.25, 0.3) is 0 Å². The molecule has 0 aliphatic heterocycles. The van der Waals surface area contributed by atoms with E-state index < -0.39 is 0 Å². The molecule has 0 saturated heterocycles. The van der Waals surface area contributed by atoms with Crippen molar-refractivity contribution in [3.8, 4) is 0 Å². The van der Waals surface area contributed by atoms with Crippen LogP contribution >= 0.6 is 0 Å². The third-order valence-electron chi connectivity index (χ3n) is 6.13. The molecule has 2 aliphatic rings. The molecular formula is C22H34O2. The zero-order valence-electron chi connectivity index (χ0n) is 15.1. The Hall–Kier alpha value is -1.18. The summed E-state index contributed by atoms with van der Waals surface area (Å²) in [5, 5.41) is 0. The molecule has 0 spiro atoms. The topological polar surface area (TPSA) is 34.1 Å². The fourth-order valence-electron chi connectivity index (χ4n) is 4.91. The summed E-state index contributed by atoms with van der Waals surface area (Å²) < 4.78 is 0. The number of aldehydes is 2. The minimum absolute atomic E-state index is 0.291. The number of hydrogen-bond donors (Lipinski definition) is 0. The molecule has 134 valence electrons. The quantitative estimate of drug-likeness (QED) is 0.303. The molecule has 0 amide bonds. The highest BCUT2D eigenvalue weighted by Crippen LogP contribution is 2.53. The molecule has 2 nitrogen and oxygen atoms in total. The summed E-state index contributed by atoms with van der Waals surface area (Å²) in [6, 6.07) is 0. The number of rotatable bonds is 9. The van der Waals surface area contributed by atoms with Crippen molar-refractivity contribution in [3.05, 3.63) is 24.3 Å². The van der Waals surface area contributed by atoms with Crippen molar-refractivity contribution in [1.29, 1.82) is 0 Å². The molecule has 2 saturated carbocycles. The normalized spacial score (nSPS) is 29.2. The van der Waals surface area contributed by atoms with Crippen LogP contribution in [0.4, 0.5) is 0 Å². The average molecular weight is 331 g/mol. The smallest absolute Gasteiger partial charge is 0.120 e. The second-order valence-electron chi connectivity index (χ2n) is 7.62. The van der Waals surface area contributed by atoms with Crippen LogP contribution in [-0.2, 0) is 9.59 Å². The van der Waals surface area contributed by atoms with Crippen LogP contribution < -0.4 is 0 Å². The van der Waals surface area contributed by atoms with Crippen molar-refractivity contribution >= 4 is 12.6 Å². The van der Waals surface area contributed by atoms with E-state index >= 15 is 0 Å². The van der Waals surface area contributed by atoms with Crippen molar-refractivity contribution in [1.82, 2.24) is 0 Å². The van der Waals surface area contributed by atoms with Gasteiger partial charge in [-0.05, 0) is 55.8 Å². The lowest BCUT2D eigenvalue weighted by atomic mass is 9.56. The van der Waals surface area contributed by atoms with Crippen LogP contribution in [0.2, 0.25) is 0 Å². The van der Waals surface area contributed by atoms with Gasteiger partial charge in [-0.3, -0.25) is 0 Å². The third kappa shape index (κ3) is 5.16. The van der Waals surface area contributed by atoms with Gasteiger partial charge in [-0.15, -0.1) is 0 Å². The van der Waals surface area contributed by atoms with Crippen LogP contribution in [0.15, 0.2) is 24.3 Å². The lowest BCUT2D eigenvalue weighted by molar-refractivity contribution is -0.108. The molecular weight excluding hydrogens is 296 g/mol. The average Bonchev–Trinajstić information content (AvgIpc) is 2.64. The molecule has 0 bridgehead atoms. The maximum Gasteiger partial charge on any atom is 0.120 e. The Labute approximate surface area is 147 Å². The molecule has 2 atom stereocenters. The zero-order chi connectivity index (χ0) is 17.1. The predicted molar refractivity (Wildman–Crippen MR) is 99.8 cm³/mol. The van der Waals surface area contributed by atoms with Crippen molar-refractivity contribution < 1.29 is 9.59 Å². The molecule has 2 aliphatic carbocycles. The SMILES string of the molecule is O=CCCC=CC1CCCCC1(C=CCCC=O)C1CCCCC1. The molecule has 24 heavy (non-hydrogen) atoms. The molecule has 2 rings (SSSR count). The standard InChI is InChI=1S/C22H34O2/c23-18-10-2-6-14-21-15-7-9-17-22(21,16-8-3-11-19-24)20-12-4-1-5-13-20/h6,8,14,16,18-21H,1-5,7,9-13,15,17H2. The minimum Gasteiger partial charge on any atom is -0.303 e. The molecule has 2 fully saturated rings. The summed E-state index contributed by atoms with van der Waals surface area (Å²) >= 11 is 0. The predicted octanol–water partition coefficient (Wildman–Crippen LogP) is 5.81. The maximum absolute atomic E-state index is 10.6. The monoisotopic (exact) mass is 330 g/mol. The lowest BCUT2D eigenvalue weighted by Crippen LogP contribution is -2.39. The molecule has 0 aromatic heterocycles. The summed E-state index contributed by atoms with van der Waals surface area (Å²) in [5.74, 6) is 1.40. The molecule has 0 aromatic carbocycles. The third-order valence-corrected chi connectivity index (χ3v) is 6.13. The van der Waals surface area contributed by atoms with E-state index in [-0.39, 0.29) is 0 Å². The fourth-order valence-corrected chi connectivity index (χ4v) is 4.91. The maximum atomic E-state index is 10.6. The van der Waals surface area contributed by atoms with Gasteiger partial charge < -0.3 is 9.59 Å². The number of hydrogen-bond acceptors (Lipinski definition) is 2. The van der Waals surface area contributed by atoms with E-state index in [0.717, 1.165) is 31.3 Å². The van der Waals surface area contributed by atoms with Crippen LogP contribution in [0.25, 0.3) is 0 Å². The molecule has 0 N–H and O–H groups in total. The van der Waals surface area contributed by atoms with Crippen LogP contribution in [0.5, 0.6) is 0 Å². The molecule has 2 heteroatoms. The van der Waals surface area contributed by atoms with Crippen molar-refractivity contribution in [2.24, 2.45) is 17.3 Å². The Morgan fingerprint density at radius 2 is 1.42 bits per heavy atom. The summed E-state index contributed by atoms with van der Waals surface area (Å²) in [7, 11) is 0. The van der Waals surface area contributed by atoms with Gasteiger partial charge in [0.1, 0.15) is 12.6 Å². The fraction of sp³-hybridized carbons (Fsp3) is 0.727. The van der Waals surface area contributed by atoms with E-state index in [1.807, 2.05) is 0 Å². The van der Waals surface area contributed by atoms with E-state index in [1.54, 1.807) is 0 Å². The van der Waals surface area contributed by atoms with Gasteiger partial charge in [0.2, 0.25) is 0 Å². The summed E-state index contributed by atoms with van der Waals surface area (Å²) in [5.41, 5.74) is 0.291. The highest BCUT2D eigenvalue weighted by atomic mass is 16.1. The second kappa shape index (κ2) is 10.6. The Morgan fingerprint density at radius 3 is 2.12 bits per heavy atom. The van der Waals surface area contributed by atoms with Gasteiger partial charge in [-0.1, -0.05) is 56.4 Å². The Morgan fingerprint density at radius 1 is 0.750 bits per heavy atom. The molecule has 2 unspecified atom stereocenters. The van der Waals surface area contributed by atoms with Crippen LogP contribution in [0, 0.1) is 17.3 Å². The van der Waals surface area contributed by atoms with E-state index in [1.165, 1.54) is 57.8 Å². The van der Waals surface area contributed by atoms with E-state index in [0.29, 0.717) is 24.2 Å². The van der Waals surface area contributed by atoms with Gasteiger partial charge in [0, 0.05) is 12.8 Å². The highest BCUT2D eigenvalue weighted by molar-refractivity contribution is 5.49. The van der Waals surface area contributed by atoms with Crippen molar-refractivity contribution in [2.45, 2.75) is 83.5 Å². The van der Waals surface area contributed by atoms with Gasteiger partial charge in [0.05, 0.1) is 0 Å². The van der Waals surface area contributed by atoms with Crippen molar-refractivity contribution in [3.63, 3.8) is 0 Å². The highest BCUT2D eigenvalue weighted by Gasteiger charge is 2.43. The van der Waals surface area contributed by atoms with Crippen LogP contribution in [0.1, 0.15) is 83.5 Å². The van der Waals surface area contributed by atoms with Crippen LogP contribution in [-0.4, -0.2) is 12.6 Å². The molecule has 0 heterocycles. The van der Waals surface area contributed by atoms with Gasteiger partial charge in [-0.25, -0.2) is 0 Å². The summed E-state index contributed by atoms with van der Waals surface area (Å²) in [4.78, 5) is 21.2. The number of carbonyl (C=O) groups excluding carboxylic acids is 2. The Bertz CT molecular complexity index is 431. The first kappa shape index (κ1) is 19.1. The summed E-state index contributed by atoms with van der Waals surface area (Å²) in [6.07, 6.45) is 26.5. The van der Waals surface area contributed by atoms with E-state index in [2.05, 4.69) is 24.3 Å². The largest absolute Gasteiger partial charge is 0.303 e. The molecule has 0 aromatic rings. The minimum atomic E-state index is 0.291. The number of allylic oxidation sites excluding steroid dienone is 4. The Kier molecular flexibility index (Phi) is 8.49. The van der Waals surface area contributed by atoms with E-state index in [4.69, 9.17) is 0 Å².